The number of hydrogen-bond donors (Lipinski definition) is 4. The topological polar surface area (TPSA) is 89.8 Å². The lowest BCUT2D eigenvalue weighted by Gasteiger charge is -2.21. The van der Waals surface area contributed by atoms with Gasteiger partial charge in [0.25, 0.3) is 0 Å². The number of hydrogen-bond acceptors (Lipinski definition) is 4. The van der Waals surface area contributed by atoms with E-state index in [1.54, 1.807) is 6.08 Å². The Balaban J connectivity index is 3.79. The molecule has 1 amide bonds. The number of carbonyl (C=O) groups excluding carboxylic acids is 1. The smallest absolute Gasteiger partial charge is 0.249 e. The number of aliphatic hydroxyl groups excluding tert-OH is 3. The highest BCUT2D eigenvalue weighted by Gasteiger charge is 2.22. The average Bonchev–Trinajstić information content (AvgIpc) is 3.01. The summed E-state index contributed by atoms with van der Waals surface area (Å²) >= 11 is 0. The number of allylic oxidation sites excluding steroid dienone is 7. The number of amides is 1. The Morgan fingerprint density at radius 3 is 1.60 bits per heavy atom. The number of nitrogens with one attached hydrogen (secondary N) is 1. The second-order valence-corrected chi connectivity index (χ2v) is 12.1. The van der Waals surface area contributed by atoms with Gasteiger partial charge < -0.3 is 20.6 Å². The van der Waals surface area contributed by atoms with Crippen LogP contribution in [-0.2, 0) is 4.79 Å². The van der Waals surface area contributed by atoms with Gasteiger partial charge in [0.15, 0.2) is 0 Å². The van der Waals surface area contributed by atoms with E-state index >= 15 is 0 Å². The zero-order valence-corrected chi connectivity index (χ0v) is 28.1. The van der Waals surface area contributed by atoms with Gasteiger partial charge in [-0.15, -0.1) is 0 Å². The molecule has 250 valence electrons. The van der Waals surface area contributed by atoms with E-state index in [-0.39, 0.29) is 6.61 Å². The molecule has 0 heterocycles. The molecule has 0 aliphatic heterocycles. The molecule has 5 nitrogen and oxygen atoms in total. The number of rotatable bonds is 31. The van der Waals surface area contributed by atoms with Gasteiger partial charge in [-0.3, -0.25) is 4.79 Å². The molecule has 0 radical (unpaired) electrons. The van der Waals surface area contributed by atoms with Crippen molar-refractivity contribution in [1.82, 2.24) is 5.32 Å². The fraction of sp³-hybridized carbons (Fsp3) is 0.763. The van der Waals surface area contributed by atoms with Crippen molar-refractivity contribution in [3.63, 3.8) is 0 Å². The van der Waals surface area contributed by atoms with E-state index in [1.807, 2.05) is 6.08 Å². The average molecular weight is 604 g/mol. The van der Waals surface area contributed by atoms with Crippen LogP contribution in [0, 0.1) is 0 Å². The fourth-order valence-electron chi connectivity index (χ4n) is 5.01. The highest BCUT2D eigenvalue weighted by Crippen LogP contribution is 2.13. The molecular weight excluding hydrogens is 534 g/mol. The predicted octanol–water partition coefficient (Wildman–Crippen LogP) is 9.42. The fourth-order valence-corrected chi connectivity index (χ4v) is 5.01. The molecule has 0 spiro atoms. The molecule has 0 fully saturated rings. The van der Waals surface area contributed by atoms with E-state index in [4.69, 9.17) is 0 Å². The van der Waals surface area contributed by atoms with Crippen molar-refractivity contribution in [2.45, 2.75) is 180 Å². The van der Waals surface area contributed by atoms with E-state index in [9.17, 15) is 20.1 Å². The maximum atomic E-state index is 12.4. The van der Waals surface area contributed by atoms with Gasteiger partial charge >= 0.3 is 0 Å². The first-order valence-electron chi connectivity index (χ1n) is 18.0. The first-order valence-corrected chi connectivity index (χ1v) is 18.0. The Kier molecular flexibility index (Phi) is 31.9. The molecule has 0 aromatic rings. The molecule has 0 aliphatic rings. The van der Waals surface area contributed by atoms with Crippen LogP contribution >= 0.6 is 0 Å². The summed E-state index contributed by atoms with van der Waals surface area (Å²) in [6.45, 7) is 4.09. The number of aliphatic hydroxyl groups is 3. The molecule has 0 rings (SSSR count). The predicted molar refractivity (Wildman–Crippen MR) is 185 cm³/mol. The summed E-state index contributed by atoms with van der Waals surface area (Å²) in [6.07, 6.45) is 41.2. The summed E-state index contributed by atoms with van der Waals surface area (Å²) in [5.41, 5.74) is 0. The van der Waals surface area contributed by atoms with Crippen LogP contribution in [0.4, 0.5) is 0 Å². The van der Waals surface area contributed by atoms with Crippen molar-refractivity contribution >= 4 is 5.91 Å². The number of carbonyl (C=O) groups is 1. The highest BCUT2D eigenvalue weighted by molar-refractivity contribution is 5.80. The monoisotopic (exact) mass is 604 g/mol. The van der Waals surface area contributed by atoms with Crippen LogP contribution in [0.2, 0.25) is 0 Å². The standard InChI is InChI=1S/C38H69NO4/c1-3-5-7-9-11-13-15-16-17-18-19-20-21-23-25-27-29-31-33-37(42)38(43)39-35(34-40)36(41)32-30-28-26-24-22-14-12-10-8-6-4-2/h11,13,15-16,22,24,30,32,35-37,40-42H,3-10,12,14,17-21,23,25-29,31,33-34H2,1-2H3,(H,39,43)/b13-11-,16-15-,24-22+,32-30+. The Labute approximate surface area is 266 Å². The van der Waals surface area contributed by atoms with Crippen LogP contribution in [0.15, 0.2) is 48.6 Å². The van der Waals surface area contributed by atoms with Gasteiger partial charge in [0.05, 0.1) is 18.8 Å². The first kappa shape index (κ1) is 41.3. The summed E-state index contributed by atoms with van der Waals surface area (Å²) in [5.74, 6) is -0.522. The van der Waals surface area contributed by atoms with Crippen molar-refractivity contribution in [2.75, 3.05) is 6.61 Å². The van der Waals surface area contributed by atoms with Gasteiger partial charge in [0, 0.05) is 0 Å². The molecule has 0 saturated carbocycles. The van der Waals surface area contributed by atoms with E-state index < -0.39 is 24.2 Å². The van der Waals surface area contributed by atoms with Crippen molar-refractivity contribution < 1.29 is 20.1 Å². The van der Waals surface area contributed by atoms with Gasteiger partial charge in [-0.05, 0) is 57.8 Å². The van der Waals surface area contributed by atoms with Gasteiger partial charge in [0.1, 0.15) is 6.10 Å². The van der Waals surface area contributed by atoms with Crippen molar-refractivity contribution in [1.29, 1.82) is 0 Å². The van der Waals surface area contributed by atoms with Crippen LogP contribution in [-0.4, -0.2) is 46.1 Å². The first-order chi connectivity index (χ1) is 21.1. The van der Waals surface area contributed by atoms with Gasteiger partial charge in [0.2, 0.25) is 5.91 Å². The normalized spacial score (nSPS) is 14.4. The van der Waals surface area contributed by atoms with Crippen LogP contribution in [0.25, 0.3) is 0 Å². The molecule has 0 aliphatic carbocycles. The second kappa shape index (κ2) is 33.2. The van der Waals surface area contributed by atoms with Crippen molar-refractivity contribution in [3.8, 4) is 0 Å². The third-order valence-corrected chi connectivity index (χ3v) is 7.92. The van der Waals surface area contributed by atoms with E-state index in [2.05, 4.69) is 55.6 Å². The molecule has 3 atom stereocenters. The van der Waals surface area contributed by atoms with E-state index in [0.717, 1.165) is 38.5 Å². The third-order valence-electron chi connectivity index (χ3n) is 7.92. The quantitative estimate of drug-likeness (QED) is 0.0361. The largest absolute Gasteiger partial charge is 0.394 e. The Morgan fingerprint density at radius 2 is 1.02 bits per heavy atom. The lowest BCUT2D eigenvalue weighted by Crippen LogP contribution is -2.48. The van der Waals surface area contributed by atoms with Crippen LogP contribution in [0.3, 0.4) is 0 Å². The minimum absolute atomic E-state index is 0.380. The van der Waals surface area contributed by atoms with Gasteiger partial charge in [-0.2, -0.15) is 0 Å². The summed E-state index contributed by atoms with van der Waals surface area (Å²) in [7, 11) is 0. The zero-order chi connectivity index (χ0) is 31.6. The van der Waals surface area contributed by atoms with Gasteiger partial charge in [-0.1, -0.05) is 152 Å². The summed E-state index contributed by atoms with van der Waals surface area (Å²) in [4.78, 5) is 12.4. The third kappa shape index (κ3) is 28.8. The lowest BCUT2D eigenvalue weighted by atomic mass is 10.0. The summed E-state index contributed by atoms with van der Waals surface area (Å²) in [5, 5.41) is 32.8. The molecule has 43 heavy (non-hydrogen) atoms. The SMILES string of the molecule is CCCCC/C=C\C=C/CCCCCCCCCCCC(O)C(=O)NC(CO)C(O)/C=C/CC/C=C/CCCCCCC. The Bertz CT molecular complexity index is 715. The molecule has 0 aromatic heterocycles. The van der Waals surface area contributed by atoms with Crippen LogP contribution in [0.5, 0.6) is 0 Å². The second-order valence-electron chi connectivity index (χ2n) is 12.1. The summed E-state index contributed by atoms with van der Waals surface area (Å²) < 4.78 is 0. The minimum atomic E-state index is -1.11. The summed E-state index contributed by atoms with van der Waals surface area (Å²) in [6, 6.07) is -0.815. The Morgan fingerprint density at radius 1 is 0.581 bits per heavy atom. The van der Waals surface area contributed by atoms with Crippen molar-refractivity contribution in [2.24, 2.45) is 0 Å². The molecular formula is C38H69NO4. The highest BCUT2D eigenvalue weighted by atomic mass is 16.3. The van der Waals surface area contributed by atoms with Crippen LogP contribution < -0.4 is 5.32 Å². The maximum absolute atomic E-state index is 12.4. The van der Waals surface area contributed by atoms with Crippen molar-refractivity contribution in [3.05, 3.63) is 48.6 Å². The molecule has 0 bridgehead atoms. The molecule has 0 aromatic carbocycles. The molecule has 3 unspecified atom stereocenters. The molecule has 0 saturated heterocycles. The molecule has 5 heteroatoms. The number of unbranched alkanes of at least 4 members (excludes halogenated alkanes) is 18. The lowest BCUT2D eigenvalue weighted by molar-refractivity contribution is -0.131. The minimum Gasteiger partial charge on any atom is -0.394 e. The van der Waals surface area contributed by atoms with Gasteiger partial charge in [-0.25, -0.2) is 0 Å². The van der Waals surface area contributed by atoms with E-state index in [0.29, 0.717) is 6.42 Å². The van der Waals surface area contributed by atoms with Crippen LogP contribution in [0.1, 0.15) is 162 Å². The maximum Gasteiger partial charge on any atom is 0.249 e. The zero-order valence-electron chi connectivity index (χ0n) is 28.1. The Hall–Kier alpha value is -1.69. The van der Waals surface area contributed by atoms with E-state index in [1.165, 1.54) is 103 Å². The molecule has 4 N–H and O–H groups in total.